The number of carbonyl (C=O) groups excluding carboxylic acids is 1. The van der Waals surface area contributed by atoms with Crippen molar-refractivity contribution in [2.45, 2.75) is 6.61 Å². The third-order valence-corrected chi connectivity index (χ3v) is 4.49. The minimum absolute atomic E-state index is 0.0389. The van der Waals surface area contributed by atoms with Gasteiger partial charge < -0.3 is 23.6 Å². The first-order valence-electron chi connectivity index (χ1n) is 9.48. The Labute approximate surface area is 172 Å². The first-order valence-corrected chi connectivity index (χ1v) is 9.48. The van der Waals surface area contributed by atoms with Gasteiger partial charge in [-0.15, -0.1) is 0 Å². The zero-order valence-corrected chi connectivity index (χ0v) is 16.1. The Kier molecular flexibility index (Phi) is 6.19. The van der Waals surface area contributed by atoms with E-state index in [1.165, 1.54) is 24.3 Å². The van der Waals surface area contributed by atoms with Gasteiger partial charge in [-0.3, -0.25) is 4.79 Å². The number of hydrogen-bond acceptors (Lipinski definition) is 7. The van der Waals surface area contributed by atoms with E-state index in [9.17, 15) is 9.18 Å². The summed E-state index contributed by atoms with van der Waals surface area (Å²) >= 11 is 0. The second-order valence-corrected chi connectivity index (χ2v) is 6.53. The molecule has 0 atom stereocenters. The number of amides is 1. The smallest absolute Gasteiger partial charge is 0.264 e. The van der Waals surface area contributed by atoms with Crippen molar-refractivity contribution in [2.75, 3.05) is 32.9 Å². The van der Waals surface area contributed by atoms with Crippen LogP contribution in [0.25, 0.3) is 11.4 Å². The molecule has 0 aliphatic carbocycles. The zero-order chi connectivity index (χ0) is 20.8. The summed E-state index contributed by atoms with van der Waals surface area (Å²) in [5.41, 5.74) is 0.601. The number of para-hydroxylation sites is 1. The van der Waals surface area contributed by atoms with Gasteiger partial charge in [0.05, 0.1) is 18.8 Å². The SMILES string of the molecule is O=C(COc1ccccc1-c1noc(COc2ccc(F)cc2)n1)N1CCOCC1. The van der Waals surface area contributed by atoms with E-state index in [1.807, 2.05) is 6.07 Å². The standard InChI is InChI=1S/C21H20FN3O5/c22-15-5-7-16(8-6-15)28-13-19-23-21(24-30-19)17-3-1-2-4-18(17)29-14-20(26)25-9-11-27-12-10-25/h1-8H,9-14H2. The Morgan fingerprint density at radius 2 is 1.83 bits per heavy atom. The molecule has 8 nitrogen and oxygen atoms in total. The zero-order valence-electron chi connectivity index (χ0n) is 16.1. The number of ether oxygens (including phenoxy) is 3. The van der Waals surface area contributed by atoms with Crippen molar-refractivity contribution in [1.82, 2.24) is 15.0 Å². The molecule has 1 amide bonds. The Morgan fingerprint density at radius 1 is 1.07 bits per heavy atom. The summed E-state index contributed by atoms with van der Waals surface area (Å²) in [6.07, 6.45) is 0. The second-order valence-electron chi connectivity index (χ2n) is 6.53. The molecule has 156 valence electrons. The third-order valence-electron chi connectivity index (χ3n) is 4.49. The Bertz CT molecular complexity index is 986. The summed E-state index contributed by atoms with van der Waals surface area (Å²) in [5.74, 6) is 1.10. The molecule has 0 saturated carbocycles. The highest BCUT2D eigenvalue weighted by molar-refractivity contribution is 5.78. The first kappa shape index (κ1) is 19.8. The average Bonchev–Trinajstić information content (AvgIpc) is 3.27. The summed E-state index contributed by atoms with van der Waals surface area (Å²) in [6.45, 7) is 2.15. The van der Waals surface area contributed by atoms with Gasteiger partial charge in [0, 0.05) is 13.1 Å². The molecule has 0 N–H and O–H groups in total. The number of morpholine rings is 1. The maximum Gasteiger partial charge on any atom is 0.264 e. The van der Waals surface area contributed by atoms with Crippen LogP contribution in [-0.2, 0) is 16.1 Å². The van der Waals surface area contributed by atoms with E-state index < -0.39 is 0 Å². The highest BCUT2D eigenvalue weighted by Gasteiger charge is 2.19. The number of hydrogen-bond donors (Lipinski definition) is 0. The van der Waals surface area contributed by atoms with E-state index in [0.717, 1.165) is 0 Å². The molecule has 1 fully saturated rings. The van der Waals surface area contributed by atoms with Gasteiger partial charge in [-0.2, -0.15) is 4.98 Å². The molecule has 1 aromatic heterocycles. The quantitative estimate of drug-likeness (QED) is 0.589. The van der Waals surface area contributed by atoms with E-state index in [2.05, 4.69) is 10.1 Å². The molecule has 0 bridgehead atoms. The Balaban J connectivity index is 1.39. The highest BCUT2D eigenvalue weighted by atomic mass is 19.1. The van der Waals surface area contributed by atoms with Gasteiger partial charge in [-0.1, -0.05) is 17.3 Å². The fraction of sp³-hybridized carbons (Fsp3) is 0.286. The summed E-state index contributed by atoms with van der Waals surface area (Å²) in [4.78, 5) is 18.4. The second kappa shape index (κ2) is 9.36. The molecule has 1 saturated heterocycles. The lowest BCUT2D eigenvalue weighted by Crippen LogP contribution is -2.43. The Hall–Kier alpha value is -3.46. The van der Waals surface area contributed by atoms with Crippen LogP contribution in [0.3, 0.4) is 0 Å². The molecular formula is C21H20FN3O5. The van der Waals surface area contributed by atoms with Crippen LogP contribution >= 0.6 is 0 Å². The monoisotopic (exact) mass is 413 g/mol. The van der Waals surface area contributed by atoms with Crippen molar-refractivity contribution >= 4 is 5.91 Å². The van der Waals surface area contributed by atoms with Crippen LogP contribution in [0.2, 0.25) is 0 Å². The minimum atomic E-state index is -0.342. The molecule has 0 spiro atoms. The number of benzene rings is 2. The van der Waals surface area contributed by atoms with Crippen molar-refractivity contribution in [1.29, 1.82) is 0 Å². The first-order chi connectivity index (χ1) is 14.7. The van der Waals surface area contributed by atoms with Crippen LogP contribution in [0.4, 0.5) is 4.39 Å². The number of nitrogens with zero attached hydrogens (tertiary/aromatic N) is 3. The van der Waals surface area contributed by atoms with Gasteiger partial charge in [-0.25, -0.2) is 4.39 Å². The van der Waals surface area contributed by atoms with Crippen LogP contribution < -0.4 is 9.47 Å². The summed E-state index contributed by atoms with van der Waals surface area (Å²) in [6, 6.07) is 12.8. The number of aromatic nitrogens is 2. The number of rotatable bonds is 7. The maximum atomic E-state index is 13.0. The van der Waals surface area contributed by atoms with Gasteiger partial charge in [-0.05, 0) is 36.4 Å². The molecule has 1 aliphatic rings. The van der Waals surface area contributed by atoms with Crippen LogP contribution in [-0.4, -0.2) is 53.9 Å². The molecule has 9 heteroatoms. The topological polar surface area (TPSA) is 86.9 Å². The van der Waals surface area contributed by atoms with Crippen molar-refractivity contribution in [3.63, 3.8) is 0 Å². The fourth-order valence-corrected chi connectivity index (χ4v) is 2.92. The molecular weight excluding hydrogens is 393 g/mol. The van der Waals surface area contributed by atoms with Gasteiger partial charge >= 0.3 is 0 Å². The summed E-state index contributed by atoms with van der Waals surface area (Å²) in [5, 5.41) is 3.97. The van der Waals surface area contributed by atoms with Crippen molar-refractivity contribution in [2.24, 2.45) is 0 Å². The van der Waals surface area contributed by atoms with E-state index in [-0.39, 0.29) is 30.8 Å². The normalized spacial score (nSPS) is 13.8. The van der Waals surface area contributed by atoms with Gasteiger partial charge in [0.15, 0.2) is 13.2 Å². The summed E-state index contributed by atoms with van der Waals surface area (Å²) < 4.78 is 34.7. The molecule has 4 rings (SSSR count). The lowest BCUT2D eigenvalue weighted by Gasteiger charge is -2.26. The largest absolute Gasteiger partial charge is 0.484 e. The molecule has 2 heterocycles. The van der Waals surface area contributed by atoms with Crippen molar-refractivity contribution in [3.05, 3.63) is 60.2 Å². The lowest BCUT2D eigenvalue weighted by molar-refractivity contribution is -0.137. The maximum absolute atomic E-state index is 13.0. The average molecular weight is 413 g/mol. The predicted octanol–water partition coefficient (Wildman–Crippen LogP) is 2.69. The third kappa shape index (κ3) is 4.93. The fourth-order valence-electron chi connectivity index (χ4n) is 2.92. The minimum Gasteiger partial charge on any atom is -0.484 e. The van der Waals surface area contributed by atoms with Crippen LogP contribution in [0, 0.1) is 5.82 Å². The van der Waals surface area contributed by atoms with Crippen LogP contribution in [0.15, 0.2) is 53.1 Å². The molecule has 30 heavy (non-hydrogen) atoms. The Morgan fingerprint density at radius 3 is 2.63 bits per heavy atom. The van der Waals surface area contributed by atoms with Gasteiger partial charge in [0.2, 0.25) is 5.82 Å². The summed E-state index contributed by atoms with van der Waals surface area (Å²) in [7, 11) is 0. The van der Waals surface area contributed by atoms with Gasteiger partial charge in [0.25, 0.3) is 11.8 Å². The lowest BCUT2D eigenvalue weighted by atomic mass is 10.2. The molecule has 1 aliphatic heterocycles. The van der Waals surface area contributed by atoms with E-state index in [1.54, 1.807) is 23.1 Å². The van der Waals surface area contributed by atoms with Crippen LogP contribution in [0.5, 0.6) is 11.5 Å². The highest BCUT2D eigenvalue weighted by Crippen LogP contribution is 2.28. The van der Waals surface area contributed by atoms with E-state index in [4.69, 9.17) is 18.7 Å². The molecule has 0 radical (unpaired) electrons. The number of carbonyl (C=O) groups is 1. The van der Waals surface area contributed by atoms with Crippen molar-refractivity contribution < 1.29 is 27.9 Å². The van der Waals surface area contributed by atoms with Crippen LogP contribution in [0.1, 0.15) is 5.89 Å². The molecule has 0 unspecified atom stereocenters. The van der Waals surface area contributed by atoms with E-state index in [0.29, 0.717) is 49.2 Å². The number of halogens is 1. The predicted molar refractivity (Wildman–Crippen MR) is 103 cm³/mol. The molecule has 2 aromatic carbocycles. The van der Waals surface area contributed by atoms with E-state index >= 15 is 0 Å². The molecule has 3 aromatic rings. The van der Waals surface area contributed by atoms with Crippen molar-refractivity contribution in [3.8, 4) is 22.9 Å². The van der Waals surface area contributed by atoms with Gasteiger partial charge in [0.1, 0.15) is 17.3 Å².